The van der Waals surface area contributed by atoms with Crippen LogP contribution in [0.1, 0.15) is 56.0 Å². The number of aliphatic hydroxyl groups excluding tert-OH is 1. The van der Waals surface area contributed by atoms with Gasteiger partial charge >= 0.3 is 0 Å². The van der Waals surface area contributed by atoms with E-state index in [4.69, 9.17) is 15.2 Å². The van der Waals surface area contributed by atoms with Crippen molar-refractivity contribution in [3.8, 4) is 11.5 Å². The molecule has 0 saturated heterocycles. The number of carbonyl (C=O) groups is 2. The zero-order chi connectivity index (χ0) is 36.5. The molecular formula is C38H48N4O7S. The summed E-state index contributed by atoms with van der Waals surface area (Å²) in [7, 11) is -0.681. The van der Waals surface area contributed by atoms with Crippen LogP contribution in [0.25, 0.3) is 0 Å². The Balaban J connectivity index is 1.73. The molecule has 0 heterocycles. The Morgan fingerprint density at radius 3 is 2.08 bits per heavy atom. The Labute approximate surface area is 295 Å². The maximum atomic E-state index is 14.0. The van der Waals surface area contributed by atoms with Gasteiger partial charge in [-0.25, -0.2) is 8.42 Å². The van der Waals surface area contributed by atoms with Crippen molar-refractivity contribution in [3.05, 3.63) is 119 Å². The van der Waals surface area contributed by atoms with Gasteiger partial charge in [-0.2, -0.15) is 0 Å². The molecule has 3 unspecified atom stereocenters. The summed E-state index contributed by atoms with van der Waals surface area (Å²) in [6, 6.07) is 23.5. The molecule has 0 bridgehead atoms. The lowest BCUT2D eigenvalue weighted by atomic mass is 9.64. The van der Waals surface area contributed by atoms with Crippen LogP contribution in [0.3, 0.4) is 0 Å². The predicted molar refractivity (Wildman–Crippen MR) is 194 cm³/mol. The molecule has 11 nitrogen and oxygen atoms in total. The van der Waals surface area contributed by atoms with Gasteiger partial charge in [0.15, 0.2) is 0 Å². The molecule has 5 atom stereocenters. The van der Waals surface area contributed by atoms with E-state index in [9.17, 15) is 23.1 Å². The number of rotatable bonds is 17. The second-order valence-electron chi connectivity index (χ2n) is 12.6. The third-order valence-electron chi connectivity index (χ3n) is 9.22. The Bertz CT molecular complexity index is 1810. The number of benzene rings is 3. The molecule has 3 aromatic carbocycles. The average molecular weight is 705 g/mol. The topological polar surface area (TPSA) is 169 Å². The van der Waals surface area contributed by atoms with E-state index in [0.717, 1.165) is 16.7 Å². The summed E-state index contributed by atoms with van der Waals surface area (Å²) in [4.78, 5) is 27.7. The lowest BCUT2D eigenvalue weighted by Gasteiger charge is -2.42. The Morgan fingerprint density at radius 2 is 1.52 bits per heavy atom. The van der Waals surface area contributed by atoms with Gasteiger partial charge in [0.2, 0.25) is 21.8 Å². The van der Waals surface area contributed by atoms with Crippen molar-refractivity contribution in [3.63, 3.8) is 0 Å². The van der Waals surface area contributed by atoms with E-state index in [-0.39, 0.29) is 42.5 Å². The lowest BCUT2D eigenvalue weighted by molar-refractivity contribution is -0.131. The van der Waals surface area contributed by atoms with E-state index in [1.165, 1.54) is 19.1 Å². The Morgan fingerprint density at radius 1 is 0.920 bits per heavy atom. The third kappa shape index (κ3) is 9.52. The molecular weight excluding hydrogens is 657 g/mol. The fourth-order valence-corrected chi connectivity index (χ4v) is 6.86. The van der Waals surface area contributed by atoms with E-state index < -0.39 is 45.3 Å². The number of nitrogens with two attached hydrogens (primary N) is 1. The summed E-state index contributed by atoms with van der Waals surface area (Å²) in [5.74, 6) is -1.10. The van der Waals surface area contributed by atoms with Gasteiger partial charge in [0.1, 0.15) is 11.5 Å². The number of primary amides is 1. The number of carbonyl (C=O) groups excluding carboxylic acids is 2. The standard InChI is InChI=1S/C38H48N4O7S/c1-6-50(46,47)42-31-19-30(36(44)41-26(3)29-15-11-17-33(21-29)49-5)22-38(23-31,37(39)45)34(18-27-12-8-7-9-13-27)35(43)24-40-25(2)28-14-10-16-32(20-28)48-4/h7-17,19-21,23,25-26,34-35,40,42-43H,6,18,22,24H2,1-5H3,(H2,39,45)(H,41,44)/t25?,26?,34-,35+,38?/m1/s1. The number of ether oxygens (including phenoxy) is 2. The van der Waals surface area contributed by atoms with Gasteiger partial charge in [0.05, 0.1) is 37.5 Å². The molecule has 6 N–H and O–H groups in total. The Hall–Kier alpha value is -4.65. The quantitative estimate of drug-likeness (QED) is 0.140. The fraction of sp³-hybridized carbons (Fsp3) is 0.368. The van der Waals surface area contributed by atoms with Crippen molar-refractivity contribution in [2.75, 3.05) is 26.5 Å². The average Bonchev–Trinajstić information content (AvgIpc) is 3.12. The summed E-state index contributed by atoms with van der Waals surface area (Å²) < 4.78 is 38.9. The van der Waals surface area contributed by atoms with Crippen LogP contribution < -0.4 is 30.6 Å². The minimum absolute atomic E-state index is 0.0269. The van der Waals surface area contributed by atoms with Gasteiger partial charge in [0.25, 0.3) is 0 Å². The number of amides is 2. The third-order valence-corrected chi connectivity index (χ3v) is 10.5. The summed E-state index contributed by atoms with van der Waals surface area (Å²) in [5.41, 5.74) is 7.28. The second-order valence-corrected chi connectivity index (χ2v) is 14.6. The number of sulfonamides is 1. The summed E-state index contributed by atoms with van der Waals surface area (Å²) in [6.45, 7) is 5.31. The minimum Gasteiger partial charge on any atom is -0.497 e. The van der Waals surface area contributed by atoms with Crippen molar-refractivity contribution >= 4 is 21.8 Å². The molecule has 0 spiro atoms. The highest BCUT2D eigenvalue weighted by Gasteiger charge is 2.49. The largest absolute Gasteiger partial charge is 0.497 e. The van der Waals surface area contributed by atoms with Crippen LogP contribution in [0.2, 0.25) is 0 Å². The molecule has 0 aromatic heterocycles. The fourth-order valence-electron chi connectivity index (χ4n) is 6.24. The van der Waals surface area contributed by atoms with Crippen molar-refractivity contribution in [2.45, 2.75) is 51.8 Å². The molecule has 0 fully saturated rings. The van der Waals surface area contributed by atoms with Crippen molar-refractivity contribution in [1.29, 1.82) is 0 Å². The monoisotopic (exact) mass is 704 g/mol. The molecule has 3 aromatic rings. The summed E-state index contributed by atoms with van der Waals surface area (Å²) in [6.07, 6.45) is 1.77. The van der Waals surface area contributed by atoms with Gasteiger partial charge in [-0.05, 0) is 86.7 Å². The second kappa shape index (κ2) is 16.8. The van der Waals surface area contributed by atoms with E-state index in [1.807, 2.05) is 80.6 Å². The molecule has 4 rings (SSSR count). The van der Waals surface area contributed by atoms with Crippen LogP contribution >= 0.6 is 0 Å². The molecule has 12 heteroatoms. The number of allylic oxidation sites excluding steroid dienone is 1. The molecule has 0 saturated carbocycles. The number of hydrogen-bond donors (Lipinski definition) is 5. The maximum Gasteiger partial charge on any atom is 0.247 e. The van der Waals surface area contributed by atoms with Crippen LogP contribution in [0.15, 0.2) is 102 Å². The number of aliphatic hydroxyl groups is 1. The highest BCUT2D eigenvalue weighted by atomic mass is 32.2. The summed E-state index contributed by atoms with van der Waals surface area (Å²) >= 11 is 0. The molecule has 0 radical (unpaired) electrons. The molecule has 50 heavy (non-hydrogen) atoms. The molecule has 2 amide bonds. The van der Waals surface area contributed by atoms with Crippen LogP contribution in [0, 0.1) is 11.3 Å². The highest BCUT2D eigenvalue weighted by molar-refractivity contribution is 7.89. The van der Waals surface area contributed by atoms with E-state index in [1.54, 1.807) is 26.4 Å². The first-order valence-corrected chi connectivity index (χ1v) is 18.2. The maximum absolute atomic E-state index is 14.0. The van der Waals surface area contributed by atoms with Crippen molar-refractivity contribution < 1.29 is 32.6 Å². The molecule has 1 aliphatic rings. The van der Waals surface area contributed by atoms with Crippen LogP contribution in [-0.4, -0.2) is 58.0 Å². The zero-order valence-electron chi connectivity index (χ0n) is 29.2. The zero-order valence-corrected chi connectivity index (χ0v) is 30.0. The number of hydrogen-bond acceptors (Lipinski definition) is 8. The van der Waals surface area contributed by atoms with Gasteiger partial charge in [-0.15, -0.1) is 0 Å². The first-order chi connectivity index (χ1) is 23.8. The van der Waals surface area contributed by atoms with Crippen LogP contribution in [-0.2, 0) is 26.0 Å². The van der Waals surface area contributed by atoms with E-state index in [0.29, 0.717) is 11.5 Å². The lowest BCUT2D eigenvalue weighted by Crippen LogP contribution is -2.52. The Kier molecular flexibility index (Phi) is 12.9. The minimum atomic E-state index is -3.83. The summed E-state index contributed by atoms with van der Waals surface area (Å²) in [5, 5.41) is 18.3. The molecule has 268 valence electrons. The smallest absolute Gasteiger partial charge is 0.247 e. The van der Waals surface area contributed by atoms with E-state index >= 15 is 0 Å². The SMILES string of the molecule is CCS(=O)(=O)NC1=CC(C(N)=O)([C@H](Cc2ccccc2)[C@@H](O)CNC(C)c2cccc(OC)c2)CC(C(=O)NC(C)c2cccc(OC)c2)=C1. The normalized spacial score (nSPS) is 18.4. The molecule has 1 aliphatic carbocycles. The first kappa shape index (κ1) is 38.2. The number of methoxy groups -OCH3 is 2. The van der Waals surface area contributed by atoms with Gasteiger partial charge in [-0.3, -0.25) is 14.3 Å². The predicted octanol–water partition coefficient (Wildman–Crippen LogP) is 4.08. The number of nitrogens with one attached hydrogen (secondary N) is 3. The molecule has 0 aliphatic heterocycles. The van der Waals surface area contributed by atoms with Crippen molar-refractivity contribution in [1.82, 2.24) is 15.4 Å². The van der Waals surface area contributed by atoms with Gasteiger partial charge in [0, 0.05) is 29.8 Å². The van der Waals surface area contributed by atoms with Crippen LogP contribution in [0.5, 0.6) is 11.5 Å². The van der Waals surface area contributed by atoms with Crippen LogP contribution in [0.4, 0.5) is 0 Å². The van der Waals surface area contributed by atoms with E-state index in [2.05, 4.69) is 15.4 Å². The van der Waals surface area contributed by atoms with Crippen molar-refractivity contribution in [2.24, 2.45) is 17.1 Å². The first-order valence-electron chi connectivity index (χ1n) is 16.6. The van der Waals surface area contributed by atoms with Gasteiger partial charge in [-0.1, -0.05) is 54.6 Å². The highest BCUT2D eigenvalue weighted by Crippen LogP contribution is 2.44. The van der Waals surface area contributed by atoms with Gasteiger partial charge < -0.3 is 30.9 Å².